The number of morpholine rings is 1. The Balaban J connectivity index is 1.43. The summed E-state index contributed by atoms with van der Waals surface area (Å²) in [5, 5.41) is 6.74. The van der Waals surface area contributed by atoms with E-state index in [1.165, 1.54) is 35.7 Å². The van der Waals surface area contributed by atoms with Gasteiger partial charge in [0.1, 0.15) is 15.7 Å². The molecule has 214 valence electrons. The van der Waals surface area contributed by atoms with Gasteiger partial charge in [-0.25, -0.2) is 17.7 Å². The number of hydrogen-bond acceptors (Lipinski definition) is 9. The Morgan fingerprint density at radius 1 is 1.07 bits per heavy atom. The zero-order chi connectivity index (χ0) is 28.3. The van der Waals surface area contributed by atoms with E-state index in [4.69, 9.17) is 21.1 Å². The number of benzene rings is 2. The minimum absolute atomic E-state index is 0.119. The number of aromatic nitrogens is 2. The number of fused-ring (bicyclic) bond motifs is 1. The van der Waals surface area contributed by atoms with Gasteiger partial charge in [0.2, 0.25) is 16.0 Å². The molecular formula is C28H35ClN6O4S. The van der Waals surface area contributed by atoms with E-state index in [1.807, 2.05) is 6.07 Å². The van der Waals surface area contributed by atoms with Gasteiger partial charge in [-0.1, -0.05) is 29.8 Å². The first-order valence-electron chi connectivity index (χ1n) is 13.4. The monoisotopic (exact) mass is 586 g/mol. The van der Waals surface area contributed by atoms with Crippen LogP contribution >= 0.6 is 11.6 Å². The highest BCUT2D eigenvalue weighted by Gasteiger charge is 2.27. The molecule has 2 aliphatic rings. The van der Waals surface area contributed by atoms with Crippen LogP contribution in [0.5, 0.6) is 5.75 Å². The van der Waals surface area contributed by atoms with Gasteiger partial charge in [-0.15, -0.1) is 0 Å². The summed E-state index contributed by atoms with van der Waals surface area (Å²) in [5.41, 5.74) is 3.69. The van der Waals surface area contributed by atoms with Gasteiger partial charge in [0, 0.05) is 33.2 Å². The second kappa shape index (κ2) is 12.3. The van der Waals surface area contributed by atoms with Crippen molar-refractivity contribution in [2.45, 2.75) is 36.6 Å². The molecule has 3 aromatic rings. The number of rotatable bonds is 8. The van der Waals surface area contributed by atoms with Crippen LogP contribution in [0.15, 0.2) is 47.5 Å². The third kappa shape index (κ3) is 6.03. The Kier molecular flexibility index (Phi) is 8.77. The third-order valence-electron chi connectivity index (χ3n) is 7.51. The van der Waals surface area contributed by atoms with Crippen molar-refractivity contribution in [1.29, 1.82) is 0 Å². The van der Waals surface area contributed by atoms with Crippen molar-refractivity contribution in [3.8, 4) is 5.75 Å². The Morgan fingerprint density at radius 3 is 2.58 bits per heavy atom. The number of sulfonamides is 1. The van der Waals surface area contributed by atoms with Crippen LogP contribution in [0.1, 0.15) is 24.0 Å². The van der Waals surface area contributed by atoms with Crippen molar-refractivity contribution in [3.05, 3.63) is 58.7 Å². The minimum Gasteiger partial charge on any atom is -0.495 e. The van der Waals surface area contributed by atoms with Crippen molar-refractivity contribution < 1.29 is 17.9 Å². The van der Waals surface area contributed by atoms with Gasteiger partial charge < -0.3 is 20.1 Å². The number of methoxy groups -OCH3 is 1. The van der Waals surface area contributed by atoms with E-state index in [9.17, 15) is 8.42 Å². The van der Waals surface area contributed by atoms with E-state index in [-0.39, 0.29) is 15.7 Å². The fourth-order valence-electron chi connectivity index (χ4n) is 5.33. The summed E-state index contributed by atoms with van der Waals surface area (Å²) in [6.07, 6.45) is 5.50. The maximum atomic E-state index is 12.9. The van der Waals surface area contributed by atoms with Crippen LogP contribution in [-0.4, -0.2) is 81.1 Å². The van der Waals surface area contributed by atoms with Crippen LogP contribution in [-0.2, 0) is 27.6 Å². The zero-order valence-corrected chi connectivity index (χ0v) is 24.6. The normalized spacial score (nSPS) is 18.2. The summed E-state index contributed by atoms with van der Waals surface area (Å²) < 4.78 is 38.2. The molecule has 5 rings (SSSR count). The molecule has 2 aromatic carbocycles. The van der Waals surface area contributed by atoms with Gasteiger partial charge >= 0.3 is 0 Å². The van der Waals surface area contributed by atoms with E-state index in [1.54, 1.807) is 31.4 Å². The fraction of sp³-hybridized carbons (Fsp3) is 0.429. The van der Waals surface area contributed by atoms with Gasteiger partial charge in [0.15, 0.2) is 5.82 Å². The van der Waals surface area contributed by atoms with E-state index < -0.39 is 10.0 Å². The zero-order valence-electron chi connectivity index (χ0n) is 23.0. The van der Waals surface area contributed by atoms with Crippen LogP contribution < -0.4 is 15.4 Å². The number of anilines is 4. The SMILES string of the molecule is COc1ccc2c(c1Nc1ncc(Cl)c(Nc3ccccc3S(=O)(=O)N(C)C)n1)CCC(N1CCOCC1)CC2. The summed E-state index contributed by atoms with van der Waals surface area (Å²) in [6.45, 7) is 3.53. The number of aryl methyl sites for hydroxylation is 1. The molecule has 1 fully saturated rings. The Morgan fingerprint density at radius 2 is 1.82 bits per heavy atom. The van der Waals surface area contributed by atoms with Crippen LogP contribution in [0, 0.1) is 0 Å². The lowest BCUT2D eigenvalue weighted by Crippen LogP contribution is -2.43. The van der Waals surface area contributed by atoms with E-state index in [0.29, 0.717) is 23.4 Å². The topological polar surface area (TPSA) is 109 Å². The molecule has 0 amide bonds. The molecule has 1 saturated heterocycles. The van der Waals surface area contributed by atoms with Crippen molar-refractivity contribution in [3.63, 3.8) is 0 Å². The Labute approximate surface area is 240 Å². The molecule has 10 nitrogen and oxygen atoms in total. The first-order chi connectivity index (χ1) is 19.3. The van der Waals surface area contributed by atoms with Gasteiger partial charge in [-0.05, 0) is 55.0 Å². The molecule has 0 spiro atoms. The highest BCUT2D eigenvalue weighted by molar-refractivity contribution is 7.89. The minimum atomic E-state index is -3.69. The van der Waals surface area contributed by atoms with Crippen LogP contribution in [0.3, 0.4) is 0 Å². The molecule has 40 heavy (non-hydrogen) atoms. The first-order valence-corrected chi connectivity index (χ1v) is 15.2. The summed E-state index contributed by atoms with van der Waals surface area (Å²) in [4.78, 5) is 11.7. The average molecular weight is 587 g/mol. The van der Waals surface area contributed by atoms with Crippen molar-refractivity contribution in [1.82, 2.24) is 19.2 Å². The third-order valence-corrected chi connectivity index (χ3v) is 9.66. The Hall–Kier alpha value is -2.96. The van der Waals surface area contributed by atoms with Gasteiger partial charge in [-0.3, -0.25) is 4.90 Å². The predicted molar refractivity (Wildman–Crippen MR) is 157 cm³/mol. The first kappa shape index (κ1) is 28.6. The number of hydrogen-bond donors (Lipinski definition) is 2. The summed E-state index contributed by atoms with van der Waals surface area (Å²) in [7, 11) is 0.940. The number of para-hydroxylation sites is 1. The predicted octanol–water partition coefficient (Wildman–Crippen LogP) is 4.46. The van der Waals surface area contributed by atoms with Gasteiger partial charge in [0.25, 0.3) is 0 Å². The largest absolute Gasteiger partial charge is 0.495 e. The summed E-state index contributed by atoms with van der Waals surface area (Å²) in [5.74, 6) is 1.31. The average Bonchev–Trinajstić information content (AvgIpc) is 3.19. The van der Waals surface area contributed by atoms with Crippen molar-refractivity contribution >= 4 is 44.8 Å². The molecule has 1 unspecified atom stereocenters. The standard InChI is InChI=1S/C28H35ClN6O4S/c1-34(2)40(36,37)25-7-5-4-6-23(25)31-27-22(29)18-30-28(33-27)32-26-21-12-11-20(35-14-16-39-17-15-35)10-8-19(21)9-13-24(26)38-3/h4-7,9,13,18,20H,8,10-12,14-17H2,1-3H3,(H2,30,31,32,33). The second-order valence-corrected chi connectivity index (χ2v) is 12.6. The van der Waals surface area contributed by atoms with Gasteiger partial charge in [-0.2, -0.15) is 4.98 Å². The highest BCUT2D eigenvalue weighted by atomic mass is 35.5. The summed E-state index contributed by atoms with van der Waals surface area (Å²) >= 11 is 6.45. The molecule has 2 N–H and O–H groups in total. The van der Waals surface area contributed by atoms with Gasteiger partial charge in [0.05, 0.1) is 37.9 Å². The smallest absolute Gasteiger partial charge is 0.244 e. The second-order valence-electron chi connectivity index (χ2n) is 10.1. The number of halogens is 1. The van der Waals surface area contributed by atoms with Crippen molar-refractivity contribution in [2.24, 2.45) is 0 Å². The summed E-state index contributed by atoms with van der Waals surface area (Å²) in [6, 6.07) is 11.3. The lowest BCUT2D eigenvalue weighted by molar-refractivity contribution is 0.0136. The van der Waals surface area contributed by atoms with E-state index in [2.05, 4.69) is 31.6 Å². The maximum absolute atomic E-state index is 12.9. The fourth-order valence-corrected chi connectivity index (χ4v) is 6.51. The van der Waals surface area contributed by atoms with E-state index >= 15 is 0 Å². The lowest BCUT2D eigenvalue weighted by Gasteiger charge is -2.34. The Bertz CT molecular complexity index is 1460. The molecule has 2 heterocycles. The molecule has 0 radical (unpaired) electrons. The molecule has 12 heteroatoms. The maximum Gasteiger partial charge on any atom is 0.244 e. The van der Waals surface area contributed by atoms with Crippen LogP contribution in [0.25, 0.3) is 0 Å². The lowest BCUT2D eigenvalue weighted by atomic mass is 10.00. The number of ether oxygens (including phenoxy) is 2. The molecular weight excluding hydrogens is 552 g/mol. The molecule has 1 aliphatic carbocycles. The van der Waals surface area contributed by atoms with Crippen molar-refractivity contribution in [2.75, 3.05) is 58.1 Å². The van der Waals surface area contributed by atoms with Crippen LogP contribution in [0.2, 0.25) is 5.02 Å². The molecule has 1 aromatic heterocycles. The van der Waals surface area contributed by atoms with E-state index in [0.717, 1.165) is 57.7 Å². The van der Waals surface area contributed by atoms with Crippen LogP contribution in [0.4, 0.5) is 23.1 Å². The quantitative estimate of drug-likeness (QED) is 0.370. The highest BCUT2D eigenvalue weighted by Crippen LogP contribution is 2.38. The molecule has 0 bridgehead atoms. The number of nitrogens with one attached hydrogen (secondary N) is 2. The molecule has 1 atom stereocenters. The number of nitrogens with zero attached hydrogens (tertiary/aromatic N) is 4. The molecule has 0 saturated carbocycles. The molecule has 1 aliphatic heterocycles.